The Bertz CT molecular complexity index is 725. The predicted octanol–water partition coefficient (Wildman–Crippen LogP) is 1.91. The number of hydrogen-bond donors (Lipinski definition) is 2. The zero-order chi connectivity index (χ0) is 17.1. The molecule has 5 rings (SSSR count). The Labute approximate surface area is 140 Å². The Morgan fingerprint density at radius 1 is 1.42 bits per heavy atom. The van der Waals surface area contributed by atoms with E-state index in [1.807, 2.05) is 6.08 Å². The van der Waals surface area contributed by atoms with E-state index in [4.69, 9.17) is 4.74 Å². The summed E-state index contributed by atoms with van der Waals surface area (Å²) in [5.41, 5.74) is -1.30. The summed E-state index contributed by atoms with van der Waals surface area (Å²) < 4.78 is 5.92. The van der Waals surface area contributed by atoms with Crippen LogP contribution in [0.4, 0.5) is 0 Å². The van der Waals surface area contributed by atoms with Crippen LogP contribution in [-0.4, -0.2) is 33.9 Å². The molecule has 1 aliphatic heterocycles. The maximum Gasteiger partial charge on any atom is 0.316 e. The number of rotatable bonds is 1. The normalized spacial score (nSPS) is 56.8. The molecule has 4 bridgehead atoms. The highest BCUT2D eigenvalue weighted by atomic mass is 16.6. The SMILES string of the molecule is C=C1C[C@]23C[C@@H]1CC[C@H]2[C@@]12C=C[C@H](O)[C@](C)(C(=O)O1)[C@H]2[C@@H]3C(=O)O. The molecule has 1 spiro atoms. The molecule has 24 heavy (non-hydrogen) atoms. The van der Waals surface area contributed by atoms with Crippen molar-refractivity contribution in [2.75, 3.05) is 0 Å². The highest BCUT2D eigenvalue weighted by Gasteiger charge is 2.82. The Morgan fingerprint density at radius 3 is 2.88 bits per heavy atom. The van der Waals surface area contributed by atoms with Crippen molar-refractivity contribution in [3.05, 3.63) is 24.3 Å². The van der Waals surface area contributed by atoms with Crippen LogP contribution in [0.1, 0.15) is 32.6 Å². The molecular weight excluding hydrogens is 308 g/mol. The Balaban J connectivity index is 1.78. The van der Waals surface area contributed by atoms with Crippen LogP contribution in [0.3, 0.4) is 0 Å². The molecule has 4 aliphatic carbocycles. The lowest BCUT2D eigenvalue weighted by atomic mass is 9.61. The first-order valence-electron chi connectivity index (χ1n) is 8.79. The molecule has 1 saturated heterocycles. The topological polar surface area (TPSA) is 83.8 Å². The van der Waals surface area contributed by atoms with E-state index < -0.39 is 46.3 Å². The minimum Gasteiger partial charge on any atom is -0.481 e. The Hall–Kier alpha value is -1.62. The van der Waals surface area contributed by atoms with E-state index in [9.17, 15) is 19.8 Å². The van der Waals surface area contributed by atoms with Crippen molar-refractivity contribution in [2.24, 2.45) is 34.5 Å². The first-order chi connectivity index (χ1) is 11.3. The third kappa shape index (κ3) is 1.25. The van der Waals surface area contributed by atoms with Gasteiger partial charge in [0.05, 0.1) is 12.0 Å². The van der Waals surface area contributed by atoms with Gasteiger partial charge in [0, 0.05) is 11.8 Å². The van der Waals surface area contributed by atoms with Gasteiger partial charge in [-0.25, -0.2) is 0 Å². The van der Waals surface area contributed by atoms with E-state index in [0.717, 1.165) is 24.8 Å². The number of carboxylic acid groups (broad SMARTS) is 1. The first-order valence-corrected chi connectivity index (χ1v) is 8.79. The van der Waals surface area contributed by atoms with E-state index in [2.05, 4.69) is 6.58 Å². The van der Waals surface area contributed by atoms with Crippen LogP contribution < -0.4 is 0 Å². The third-order valence-corrected chi connectivity index (χ3v) is 8.02. The van der Waals surface area contributed by atoms with Gasteiger partial charge in [0.1, 0.15) is 11.0 Å². The number of aliphatic hydroxyl groups is 1. The lowest BCUT2D eigenvalue weighted by Crippen LogP contribution is -2.50. The van der Waals surface area contributed by atoms with Gasteiger partial charge in [-0.2, -0.15) is 0 Å². The standard InChI is InChI=1S/C19H22O5/c1-9-7-18-8-10(9)3-4-11(18)19-6-5-12(20)17(2,16(23)24-19)14(19)13(18)15(21)22/h5-6,10-14,20H,1,3-4,7-8H2,2H3,(H,21,22)/t10-,11+,12-,13+,14+,17-,18-,19+/m0/s1. The Morgan fingerprint density at radius 2 is 2.17 bits per heavy atom. The minimum absolute atomic E-state index is 0.00104. The van der Waals surface area contributed by atoms with E-state index >= 15 is 0 Å². The van der Waals surface area contributed by atoms with Gasteiger partial charge in [-0.3, -0.25) is 9.59 Å². The number of carbonyl (C=O) groups is 2. The van der Waals surface area contributed by atoms with Gasteiger partial charge in [0.25, 0.3) is 0 Å². The molecule has 0 aromatic heterocycles. The van der Waals surface area contributed by atoms with Crippen molar-refractivity contribution in [2.45, 2.75) is 44.3 Å². The van der Waals surface area contributed by atoms with Gasteiger partial charge < -0.3 is 14.9 Å². The average molecular weight is 330 g/mol. The highest BCUT2D eigenvalue weighted by molar-refractivity contribution is 5.86. The van der Waals surface area contributed by atoms with E-state index in [-0.39, 0.29) is 5.92 Å². The second-order valence-corrected chi connectivity index (χ2v) is 8.72. The fraction of sp³-hybridized carbons (Fsp3) is 0.684. The number of aliphatic carboxylic acids is 1. The number of ether oxygens (including phenoxy) is 1. The molecule has 5 aliphatic rings. The molecule has 8 atom stereocenters. The van der Waals surface area contributed by atoms with Crippen LogP contribution in [0, 0.1) is 34.5 Å². The molecule has 0 radical (unpaired) electrons. The van der Waals surface area contributed by atoms with Gasteiger partial charge in [-0.15, -0.1) is 0 Å². The molecule has 2 N–H and O–H groups in total. The van der Waals surface area contributed by atoms with E-state index in [0.29, 0.717) is 12.3 Å². The summed E-state index contributed by atoms with van der Waals surface area (Å²) in [7, 11) is 0. The van der Waals surface area contributed by atoms with E-state index in [1.165, 1.54) is 0 Å². The van der Waals surface area contributed by atoms with Crippen molar-refractivity contribution in [3.63, 3.8) is 0 Å². The lowest BCUT2D eigenvalue weighted by Gasteiger charge is -2.42. The predicted molar refractivity (Wildman–Crippen MR) is 83.7 cm³/mol. The quantitative estimate of drug-likeness (QED) is 0.567. The summed E-state index contributed by atoms with van der Waals surface area (Å²) in [6.45, 7) is 5.88. The highest BCUT2D eigenvalue weighted by Crippen LogP contribution is 2.76. The number of carbonyl (C=O) groups excluding carboxylic acids is 1. The zero-order valence-electron chi connectivity index (χ0n) is 13.7. The minimum atomic E-state index is -1.18. The number of hydrogen-bond acceptors (Lipinski definition) is 4. The fourth-order valence-corrected chi connectivity index (χ4v) is 7.14. The molecule has 0 aromatic rings. The van der Waals surface area contributed by atoms with Gasteiger partial charge in [0.15, 0.2) is 0 Å². The smallest absolute Gasteiger partial charge is 0.316 e. The maximum absolute atomic E-state index is 12.7. The van der Waals surface area contributed by atoms with Gasteiger partial charge in [-0.05, 0) is 50.0 Å². The molecule has 0 unspecified atom stereocenters. The van der Waals surface area contributed by atoms with Crippen molar-refractivity contribution in [1.29, 1.82) is 0 Å². The molecule has 1 heterocycles. The van der Waals surface area contributed by atoms with Crippen molar-refractivity contribution >= 4 is 11.9 Å². The van der Waals surface area contributed by atoms with Crippen LogP contribution in [0.5, 0.6) is 0 Å². The summed E-state index contributed by atoms with van der Waals surface area (Å²) in [5.74, 6) is -2.12. The second kappa shape index (κ2) is 3.96. The molecule has 3 saturated carbocycles. The van der Waals surface area contributed by atoms with E-state index in [1.54, 1.807) is 13.0 Å². The molecule has 5 heteroatoms. The zero-order valence-corrected chi connectivity index (χ0v) is 13.7. The average Bonchev–Trinajstić information content (AvgIpc) is 2.98. The van der Waals surface area contributed by atoms with Crippen molar-refractivity contribution < 1.29 is 24.5 Å². The third-order valence-electron chi connectivity index (χ3n) is 8.02. The van der Waals surface area contributed by atoms with Crippen molar-refractivity contribution in [3.8, 4) is 0 Å². The Kier molecular flexibility index (Phi) is 2.42. The summed E-state index contributed by atoms with van der Waals surface area (Å²) >= 11 is 0. The summed E-state index contributed by atoms with van der Waals surface area (Å²) in [6, 6.07) is 0. The number of aliphatic hydroxyl groups excluding tert-OH is 1. The number of fused-ring (bicyclic) bond motifs is 1. The van der Waals surface area contributed by atoms with Crippen LogP contribution >= 0.6 is 0 Å². The molecular formula is C19H22O5. The van der Waals surface area contributed by atoms with Crippen LogP contribution in [-0.2, 0) is 14.3 Å². The van der Waals surface area contributed by atoms with Crippen molar-refractivity contribution in [1.82, 2.24) is 0 Å². The van der Waals surface area contributed by atoms with Crippen LogP contribution in [0.2, 0.25) is 0 Å². The second-order valence-electron chi connectivity index (χ2n) is 8.72. The summed E-state index contributed by atoms with van der Waals surface area (Å²) in [5, 5.41) is 20.7. The largest absolute Gasteiger partial charge is 0.481 e. The number of carboxylic acids is 1. The lowest BCUT2D eigenvalue weighted by molar-refractivity contribution is -0.161. The first kappa shape index (κ1) is 14.7. The van der Waals surface area contributed by atoms with Gasteiger partial charge >= 0.3 is 11.9 Å². The monoisotopic (exact) mass is 330 g/mol. The molecule has 0 amide bonds. The number of allylic oxidation sites excluding steroid dienone is 1. The molecule has 128 valence electrons. The molecule has 5 nitrogen and oxygen atoms in total. The van der Waals surface area contributed by atoms with Crippen LogP contribution in [0.25, 0.3) is 0 Å². The fourth-order valence-electron chi connectivity index (χ4n) is 7.14. The maximum atomic E-state index is 12.7. The van der Waals surface area contributed by atoms with Crippen LogP contribution in [0.15, 0.2) is 24.3 Å². The number of esters is 1. The molecule has 0 aromatic carbocycles. The summed E-state index contributed by atoms with van der Waals surface area (Å²) in [4.78, 5) is 25.0. The summed E-state index contributed by atoms with van der Waals surface area (Å²) in [6.07, 6.45) is 5.83. The van der Waals surface area contributed by atoms with Gasteiger partial charge in [0.2, 0.25) is 0 Å². The molecule has 4 fully saturated rings. The van der Waals surface area contributed by atoms with Gasteiger partial charge in [-0.1, -0.05) is 18.2 Å².